The van der Waals surface area contributed by atoms with Gasteiger partial charge in [-0.25, -0.2) is 0 Å². The molecule has 0 radical (unpaired) electrons. The minimum atomic E-state index is -0.916. The van der Waals surface area contributed by atoms with Gasteiger partial charge < -0.3 is 5.73 Å². The normalized spacial score (nSPS) is 11.5. The zero-order valence-corrected chi connectivity index (χ0v) is 7.71. The van der Waals surface area contributed by atoms with Crippen molar-refractivity contribution < 1.29 is 4.79 Å². The van der Waals surface area contributed by atoms with Gasteiger partial charge in [0.25, 0.3) is 0 Å². The minimum absolute atomic E-state index is 0.612. The molecule has 1 atom stereocenters. The molecule has 0 fully saturated rings. The molecule has 1 aromatic rings. The monoisotopic (exact) mass is 190 g/mol. The largest absolute Gasteiger partial charge is 0.369 e. The van der Waals surface area contributed by atoms with Gasteiger partial charge >= 0.3 is 0 Å². The minimum Gasteiger partial charge on any atom is -0.369 e. The molecule has 0 aliphatic heterocycles. The molecule has 5 nitrogen and oxygen atoms in total. The summed E-state index contributed by atoms with van der Waals surface area (Å²) in [4.78, 5) is 13.5. The highest BCUT2D eigenvalue weighted by atomic mass is 16.1. The molecule has 14 heavy (non-hydrogen) atoms. The highest BCUT2D eigenvalue weighted by Crippen LogP contribution is 2.17. The van der Waals surface area contributed by atoms with Gasteiger partial charge in [-0.05, 0) is 18.0 Å². The first-order valence-corrected chi connectivity index (χ1v) is 4.05. The van der Waals surface area contributed by atoms with Crippen LogP contribution in [0.1, 0.15) is 17.2 Å². The van der Waals surface area contributed by atoms with Crippen molar-refractivity contribution in [3.05, 3.63) is 45.8 Å². The number of nitrogens with zero attached hydrogens (tertiary/aromatic N) is 3. The molecule has 1 aromatic carbocycles. The molecule has 1 rings (SSSR count). The second kappa shape index (κ2) is 4.30. The molecule has 1 unspecified atom stereocenters. The van der Waals surface area contributed by atoms with Crippen LogP contribution in [-0.2, 0) is 4.79 Å². The lowest BCUT2D eigenvalue weighted by atomic mass is 10.1. The van der Waals surface area contributed by atoms with Crippen LogP contribution < -0.4 is 5.73 Å². The van der Waals surface area contributed by atoms with Gasteiger partial charge in [0, 0.05) is 4.91 Å². The zero-order chi connectivity index (χ0) is 10.6. The van der Waals surface area contributed by atoms with E-state index in [1.165, 1.54) is 0 Å². The van der Waals surface area contributed by atoms with Crippen LogP contribution in [0.25, 0.3) is 10.4 Å². The molecule has 72 valence electrons. The molecule has 5 heteroatoms. The predicted octanol–water partition coefficient (Wildman–Crippen LogP) is 1.83. The average molecular weight is 190 g/mol. The number of carbonyl (C=O) groups excluding carboxylic acids is 1. The van der Waals surface area contributed by atoms with Crippen LogP contribution in [0.4, 0.5) is 0 Å². The van der Waals surface area contributed by atoms with Crippen LogP contribution in [-0.4, -0.2) is 5.91 Å². The van der Waals surface area contributed by atoms with E-state index >= 15 is 0 Å². The van der Waals surface area contributed by atoms with Crippen LogP contribution in [0.2, 0.25) is 0 Å². The van der Waals surface area contributed by atoms with E-state index in [1.54, 1.807) is 12.1 Å². The molecule has 0 spiro atoms. The first-order chi connectivity index (χ1) is 6.65. The standard InChI is InChI=1S/C9H10N4O/c1-6-2-4-7(5-3-6)8(9(10)14)12-13-11/h2-5,8H,1H3,(H2,10,14). The molecule has 0 bridgehead atoms. The Bertz CT molecular complexity index is 376. The molecular formula is C9H10N4O. The number of hydrogen-bond acceptors (Lipinski definition) is 2. The van der Waals surface area contributed by atoms with Crippen molar-refractivity contribution in [1.29, 1.82) is 0 Å². The molecule has 0 heterocycles. The Labute approximate surface area is 81.2 Å². The smallest absolute Gasteiger partial charge is 0.230 e. The molecule has 0 saturated heterocycles. The summed E-state index contributed by atoms with van der Waals surface area (Å²) >= 11 is 0. The summed E-state index contributed by atoms with van der Waals surface area (Å²) in [5, 5.41) is 3.33. The molecule has 1 amide bonds. The lowest BCUT2D eigenvalue weighted by Gasteiger charge is -2.06. The first kappa shape index (κ1) is 10.1. The fourth-order valence-electron chi connectivity index (χ4n) is 1.09. The molecule has 2 N–H and O–H groups in total. The number of amides is 1. The van der Waals surface area contributed by atoms with Gasteiger partial charge in [-0.3, -0.25) is 4.79 Å². The van der Waals surface area contributed by atoms with Crippen molar-refractivity contribution in [1.82, 2.24) is 0 Å². The average Bonchev–Trinajstić information content (AvgIpc) is 2.15. The van der Waals surface area contributed by atoms with Gasteiger partial charge in [0.15, 0.2) is 0 Å². The van der Waals surface area contributed by atoms with E-state index < -0.39 is 11.9 Å². The lowest BCUT2D eigenvalue weighted by Crippen LogP contribution is -2.19. The third-order valence-corrected chi connectivity index (χ3v) is 1.83. The second-order valence-electron chi connectivity index (χ2n) is 2.92. The molecule has 0 aromatic heterocycles. The Morgan fingerprint density at radius 3 is 2.50 bits per heavy atom. The second-order valence-corrected chi connectivity index (χ2v) is 2.92. The SMILES string of the molecule is Cc1ccc(C(N=[N+]=[N-])C(N)=O)cc1. The number of benzene rings is 1. The summed E-state index contributed by atoms with van der Waals surface area (Å²) in [6, 6.07) is 6.19. The summed E-state index contributed by atoms with van der Waals surface area (Å²) in [5.41, 5.74) is 15.0. The number of carbonyl (C=O) groups is 1. The van der Waals surface area contributed by atoms with Gasteiger partial charge in [-0.2, -0.15) is 0 Å². The van der Waals surface area contributed by atoms with E-state index in [9.17, 15) is 4.79 Å². The van der Waals surface area contributed by atoms with Crippen molar-refractivity contribution in [3.63, 3.8) is 0 Å². The number of primary amides is 1. The van der Waals surface area contributed by atoms with Crippen LogP contribution in [0.5, 0.6) is 0 Å². The topological polar surface area (TPSA) is 91.8 Å². The maximum atomic E-state index is 10.9. The maximum Gasteiger partial charge on any atom is 0.230 e. The quantitative estimate of drug-likeness (QED) is 0.439. The fourth-order valence-corrected chi connectivity index (χ4v) is 1.09. The van der Waals surface area contributed by atoms with Gasteiger partial charge in [0.05, 0.1) is 0 Å². The van der Waals surface area contributed by atoms with Gasteiger partial charge in [0.2, 0.25) is 5.91 Å². The van der Waals surface area contributed by atoms with Crippen molar-refractivity contribution in [3.8, 4) is 0 Å². The van der Waals surface area contributed by atoms with E-state index in [0.717, 1.165) is 5.56 Å². The maximum absolute atomic E-state index is 10.9. The van der Waals surface area contributed by atoms with Crippen molar-refractivity contribution in [2.45, 2.75) is 13.0 Å². The third-order valence-electron chi connectivity index (χ3n) is 1.83. The van der Waals surface area contributed by atoms with Crippen molar-refractivity contribution in [2.24, 2.45) is 10.8 Å². The molecule has 0 saturated carbocycles. The molecular weight excluding hydrogens is 180 g/mol. The van der Waals surface area contributed by atoms with E-state index in [0.29, 0.717) is 5.56 Å². The van der Waals surface area contributed by atoms with Gasteiger partial charge in [-0.15, -0.1) is 0 Å². The summed E-state index contributed by atoms with van der Waals surface area (Å²) in [6.07, 6.45) is 0. The number of azide groups is 1. The first-order valence-electron chi connectivity index (χ1n) is 4.05. The Balaban J connectivity index is 3.05. The summed E-state index contributed by atoms with van der Waals surface area (Å²) in [6.45, 7) is 1.93. The fraction of sp³-hybridized carbons (Fsp3) is 0.222. The number of nitrogens with two attached hydrogens (primary N) is 1. The molecule has 0 aliphatic rings. The summed E-state index contributed by atoms with van der Waals surface area (Å²) in [7, 11) is 0. The number of aryl methyl sites for hydroxylation is 1. The van der Waals surface area contributed by atoms with E-state index in [-0.39, 0.29) is 0 Å². The summed E-state index contributed by atoms with van der Waals surface area (Å²) in [5.74, 6) is -0.647. The van der Waals surface area contributed by atoms with Crippen molar-refractivity contribution >= 4 is 5.91 Å². The third kappa shape index (κ3) is 2.24. The van der Waals surface area contributed by atoms with Gasteiger partial charge in [-0.1, -0.05) is 34.9 Å². The number of hydrogen-bond donors (Lipinski definition) is 1. The zero-order valence-electron chi connectivity index (χ0n) is 7.71. The van der Waals surface area contributed by atoms with Crippen LogP contribution in [0, 0.1) is 6.92 Å². The van der Waals surface area contributed by atoms with Gasteiger partial charge in [0.1, 0.15) is 6.04 Å². The van der Waals surface area contributed by atoms with Crippen LogP contribution >= 0.6 is 0 Å². The van der Waals surface area contributed by atoms with Crippen LogP contribution in [0.15, 0.2) is 29.4 Å². The summed E-state index contributed by atoms with van der Waals surface area (Å²) < 4.78 is 0. The Morgan fingerprint density at radius 2 is 2.07 bits per heavy atom. The lowest BCUT2D eigenvalue weighted by molar-refractivity contribution is -0.119. The Morgan fingerprint density at radius 1 is 1.50 bits per heavy atom. The predicted molar refractivity (Wildman–Crippen MR) is 52.3 cm³/mol. The highest BCUT2D eigenvalue weighted by molar-refractivity contribution is 5.81. The van der Waals surface area contributed by atoms with Crippen LogP contribution in [0.3, 0.4) is 0 Å². The van der Waals surface area contributed by atoms with Crippen molar-refractivity contribution in [2.75, 3.05) is 0 Å². The molecule has 0 aliphatic carbocycles. The highest BCUT2D eigenvalue weighted by Gasteiger charge is 2.14. The number of rotatable bonds is 3. The van der Waals surface area contributed by atoms with E-state index in [1.807, 2.05) is 19.1 Å². The van der Waals surface area contributed by atoms with E-state index in [4.69, 9.17) is 11.3 Å². The van der Waals surface area contributed by atoms with E-state index in [2.05, 4.69) is 10.0 Å². The Kier molecular flexibility index (Phi) is 3.09. The Hall–Kier alpha value is -2.00.